The SMILES string of the molecule is CC(C)[C@H](NS(=O)(=O)c1ccccc1C(C)(C)C)C(N)=O. The monoisotopic (exact) mass is 312 g/mol. The summed E-state index contributed by atoms with van der Waals surface area (Å²) in [5.74, 6) is -0.902. The molecule has 0 aliphatic rings. The Bertz CT molecular complexity index is 616. The summed E-state index contributed by atoms with van der Waals surface area (Å²) in [4.78, 5) is 11.6. The van der Waals surface area contributed by atoms with Gasteiger partial charge in [0.15, 0.2) is 0 Å². The zero-order valence-electron chi connectivity index (χ0n) is 13.2. The lowest BCUT2D eigenvalue weighted by atomic mass is 9.87. The Morgan fingerprint density at radius 2 is 1.71 bits per heavy atom. The Morgan fingerprint density at radius 1 is 1.19 bits per heavy atom. The first kappa shape index (κ1) is 17.7. The smallest absolute Gasteiger partial charge is 0.241 e. The summed E-state index contributed by atoms with van der Waals surface area (Å²) in [5, 5.41) is 0. The van der Waals surface area contributed by atoms with Gasteiger partial charge in [0.05, 0.1) is 4.90 Å². The van der Waals surface area contributed by atoms with E-state index >= 15 is 0 Å². The van der Waals surface area contributed by atoms with Crippen LogP contribution in [0.25, 0.3) is 0 Å². The maximum atomic E-state index is 12.6. The fraction of sp³-hybridized carbons (Fsp3) is 0.533. The molecule has 6 heteroatoms. The van der Waals surface area contributed by atoms with Crippen LogP contribution < -0.4 is 10.5 Å². The van der Waals surface area contributed by atoms with Gasteiger partial charge in [0.1, 0.15) is 6.04 Å². The molecule has 0 unspecified atom stereocenters. The number of hydrogen-bond acceptors (Lipinski definition) is 3. The van der Waals surface area contributed by atoms with Gasteiger partial charge in [-0.2, -0.15) is 4.72 Å². The number of carbonyl (C=O) groups is 1. The molecule has 118 valence electrons. The van der Waals surface area contributed by atoms with Gasteiger partial charge in [-0.1, -0.05) is 52.8 Å². The first-order chi connectivity index (χ1) is 9.47. The number of hydrogen-bond donors (Lipinski definition) is 2. The lowest BCUT2D eigenvalue weighted by Gasteiger charge is -2.25. The minimum atomic E-state index is -3.81. The van der Waals surface area contributed by atoms with Crippen molar-refractivity contribution in [3.8, 4) is 0 Å². The molecule has 0 aliphatic heterocycles. The lowest BCUT2D eigenvalue weighted by molar-refractivity contribution is -0.120. The second-order valence-corrected chi connectivity index (χ2v) is 8.17. The molecule has 1 aromatic carbocycles. The van der Waals surface area contributed by atoms with Gasteiger partial charge < -0.3 is 5.73 Å². The zero-order chi connectivity index (χ0) is 16.4. The van der Waals surface area contributed by atoms with E-state index in [2.05, 4.69) is 4.72 Å². The van der Waals surface area contributed by atoms with E-state index < -0.39 is 22.0 Å². The summed E-state index contributed by atoms with van der Waals surface area (Å²) in [6.07, 6.45) is 0. The number of sulfonamides is 1. The van der Waals surface area contributed by atoms with E-state index in [0.29, 0.717) is 5.56 Å². The Labute approximate surface area is 127 Å². The van der Waals surface area contributed by atoms with Gasteiger partial charge in [0.25, 0.3) is 0 Å². The summed E-state index contributed by atoms with van der Waals surface area (Å²) >= 11 is 0. The molecule has 0 aliphatic carbocycles. The molecule has 0 bridgehead atoms. The number of carbonyl (C=O) groups excluding carboxylic acids is 1. The van der Waals surface area contributed by atoms with Crippen LogP contribution in [0.1, 0.15) is 40.2 Å². The van der Waals surface area contributed by atoms with Crippen molar-refractivity contribution in [2.45, 2.75) is 51.0 Å². The van der Waals surface area contributed by atoms with Gasteiger partial charge in [0.2, 0.25) is 15.9 Å². The van der Waals surface area contributed by atoms with E-state index in [0.717, 1.165) is 0 Å². The van der Waals surface area contributed by atoms with Crippen LogP contribution in [0.4, 0.5) is 0 Å². The molecule has 3 N–H and O–H groups in total. The summed E-state index contributed by atoms with van der Waals surface area (Å²) in [7, 11) is -3.81. The van der Waals surface area contributed by atoms with Crippen LogP contribution >= 0.6 is 0 Å². The third kappa shape index (κ3) is 4.28. The average molecular weight is 312 g/mol. The predicted molar refractivity (Wildman–Crippen MR) is 83.3 cm³/mol. The highest BCUT2D eigenvalue weighted by molar-refractivity contribution is 7.89. The Hall–Kier alpha value is -1.40. The fourth-order valence-electron chi connectivity index (χ4n) is 2.07. The van der Waals surface area contributed by atoms with Gasteiger partial charge in [-0.05, 0) is 23.0 Å². The van der Waals surface area contributed by atoms with Gasteiger partial charge in [-0.15, -0.1) is 0 Å². The maximum absolute atomic E-state index is 12.6. The molecule has 1 aromatic rings. The quantitative estimate of drug-likeness (QED) is 0.868. The van der Waals surface area contributed by atoms with E-state index in [1.54, 1.807) is 38.1 Å². The highest BCUT2D eigenvalue weighted by Gasteiger charge is 2.30. The number of nitrogens with two attached hydrogens (primary N) is 1. The molecule has 0 aromatic heterocycles. The number of benzene rings is 1. The van der Waals surface area contributed by atoms with Crippen molar-refractivity contribution < 1.29 is 13.2 Å². The zero-order valence-corrected chi connectivity index (χ0v) is 14.0. The third-order valence-electron chi connectivity index (χ3n) is 3.24. The van der Waals surface area contributed by atoms with E-state index in [1.165, 1.54) is 0 Å². The summed E-state index contributed by atoms with van der Waals surface area (Å²) in [6.45, 7) is 9.31. The van der Waals surface area contributed by atoms with Crippen LogP contribution in [0.2, 0.25) is 0 Å². The fourth-order valence-corrected chi connectivity index (χ4v) is 3.84. The van der Waals surface area contributed by atoms with Gasteiger partial charge >= 0.3 is 0 Å². The topological polar surface area (TPSA) is 89.3 Å². The summed E-state index contributed by atoms with van der Waals surface area (Å²) < 4.78 is 27.6. The molecular formula is C15H24N2O3S. The molecule has 0 heterocycles. The van der Waals surface area contributed by atoms with Crippen LogP contribution in [0.3, 0.4) is 0 Å². The minimum absolute atomic E-state index is 0.185. The molecule has 1 rings (SSSR count). The Balaban J connectivity index is 3.30. The Morgan fingerprint density at radius 3 is 2.14 bits per heavy atom. The largest absolute Gasteiger partial charge is 0.368 e. The second-order valence-electron chi connectivity index (χ2n) is 6.49. The van der Waals surface area contributed by atoms with Crippen molar-refractivity contribution in [2.75, 3.05) is 0 Å². The van der Waals surface area contributed by atoms with Crippen LogP contribution in [0.5, 0.6) is 0 Å². The average Bonchev–Trinajstić information content (AvgIpc) is 2.34. The van der Waals surface area contributed by atoms with Crippen molar-refractivity contribution in [1.29, 1.82) is 0 Å². The summed E-state index contributed by atoms with van der Waals surface area (Å²) in [5.41, 5.74) is 5.65. The standard InChI is InChI=1S/C15H24N2O3S/c1-10(2)13(14(16)18)17-21(19,20)12-9-7-6-8-11(12)15(3,4)5/h6-10,13,17H,1-5H3,(H2,16,18)/t13-/m0/s1. The van der Waals surface area contributed by atoms with Crippen LogP contribution in [0.15, 0.2) is 29.2 Å². The van der Waals surface area contributed by atoms with Crippen molar-refractivity contribution in [3.63, 3.8) is 0 Å². The highest BCUT2D eigenvalue weighted by Crippen LogP contribution is 2.28. The molecule has 5 nitrogen and oxygen atoms in total. The van der Waals surface area contributed by atoms with Crippen molar-refractivity contribution >= 4 is 15.9 Å². The third-order valence-corrected chi connectivity index (χ3v) is 4.74. The summed E-state index contributed by atoms with van der Waals surface area (Å²) in [6, 6.07) is 5.86. The number of primary amides is 1. The molecule has 0 radical (unpaired) electrons. The van der Waals surface area contributed by atoms with Crippen LogP contribution in [-0.2, 0) is 20.2 Å². The number of rotatable bonds is 5. The number of amides is 1. The molecule has 1 atom stereocenters. The highest BCUT2D eigenvalue weighted by atomic mass is 32.2. The van der Waals surface area contributed by atoms with E-state index in [9.17, 15) is 13.2 Å². The van der Waals surface area contributed by atoms with E-state index in [1.807, 2.05) is 20.8 Å². The van der Waals surface area contributed by atoms with Crippen molar-refractivity contribution in [2.24, 2.45) is 11.7 Å². The first-order valence-electron chi connectivity index (χ1n) is 6.88. The molecule has 0 saturated heterocycles. The van der Waals surface area contributed by atoms with E-state index in [-0.39, 0.29) is 16.2 Å². The van der Waals surface area contributed by atoms with Gasteiger partial charge in [0, 0.05) is 0 Å². The lowest BCUT2D eigenvalue weighted by Crippen LogP contribution is -2.47. The normalized spacial score (nSPS) is 14.2. The van der Waals surface area contributed by atoms with E-state index in [4.69, 9.17) is 5.73 Å². The van der Waals surface area contributed by atoms with Crippen molar-refractivity contribution in [1.82, 2.24) is 4.72 Å². The van der Waals surface area contributed by atoms with Gasteiger partial charge in [-0.3, -0.25) is 4.79 Å². The molecule has 0 fully saturated rings. The molecular weight excluding hydrogens is 288 g/mol. The van der Waals surface area contributed by atoms with Crippen LogP contribution in [0, 0.1) is 5.92 Å². The second kappa shape index (κ2) is 6.15. The van der Waals surface area contributed by atoms with Gasteiger partial charge in [-0.25, -0.2) is 8.42 Å². The van der Waals surface area contributed by atoms with Crippen molar-refractivity contribution in [3.05, 3.63) is 29.8 Å². The van der Waals surface area contributed by atoms with Crippen LogP contribution in [-0.4, -0.2) is 20.4 Å². The molecule has 21 heavy (non-hydrogen) atoms. The molecule has 0 spiro atoms. The molecule has 0 saturated carbocycles. The maximum Gasteiger partial charge on any atom is 0.241 e. The molecule has 1 amide bonds. The predicted octanol–water partition coefficient (Wildman–Crippen LogP) is 1.77. The first-order valence-corrected chi connectivity index (χ1v) is 8.36. The minimum Gasteiger partial charge on any atom is -0.368 e. The Kier molecular flexibility index (Phi) is 5.17. The number of nitrogens with one attached hydrogen (secondary N) is 1.